The molecule has 3 aromatic rings. The minimum atomic E-state index is -0.260. The lowest BCUT2D eigenvalue weighted by Crippen LogP contribution is -2.37. The maximum absolute atomic E-state index is 12.7. The Morgan fingerprint density at radius 1 is 1.19 bits per heavy atom. The summed E-state index contributed by atoms with van der Waals surface area (Å²) in [5, 5.41) is 3.32. The van der Waals surface area contributed by atoms with E-state index < -0.39 is 0 Å². The molecule has 0 bridgehead atoms. The van der Waals surface area contributed by atoms with Gasteiger partial charge in [-0.3, -0.25) is 9.69 Å². The number of benzene rings is 2. The molecule has 0 spiro atoms. The van der Waals surface area contributed by atoms with Gasteiger partial charge in [-0.15, -0.1) is 0 Å². The van der Waals surface area contributed by atoms with E-state index in [1.807, 2.05) is 48.5 Å². The van der Waals surface area contributed by atoms with Crippen molar-refractivity contribution < 1.29 is 14.3 Å². The first-order valence-corrected chi connectivity index (χ1v) is 9.32. The van der Waals surface area contributed by atoms with Gasteiger partial charge in [-0.05, 0) is 24.3 Å². The number of nitrogens with one attached hydrogen (secondary N) is 1. The zero-order chi connectivity index (χ0) is 18.8. The second kappa shape index (κ2) is 7.24. The van der Waals surface area contributed by atoms with Crippen molar-refractivity contribution in [3.63, 3.8) is 0 Å². The van der Waals surface area contributed by atoms with Gasteiger partial charge >= 0.3 is 6.03 Å². The number of thiazole rings is 1. The largest absolute Gasteiger partial charge is 0.495 e. The van der Waals surface area contributed by atoms with Gasteiger partial charge in [0.05, 0.1) is 23.0 Å². The summed E-state index contributed by atoms with van der Waals surface area (Å²) in [5.74, 6) is 0.371. The van der Waals surface area contributed by atoms with E-state index >= 15 is 0 Å². The minimum absolute atomic E-state index is 0.0135. The third-order valence-electron chi connectivity index (χ3n) is 4.35. The Hall–Kier alpha value is -3.13. The highest BCUT2D eigenvalue weighted by molar-refractivity contribution is 7.22. The second-order valence-corrected chi connectivity index (χ2v) is 7.09. The van der Waals surface area contributed by atoms with Crippen molar-refractivity contribution in [2.75, 3.05) is 37.0 Å². The summed E-state index contributed by atoms with van der Waals surface area (Å²) in [7, 11) is 1.57. The molecular weight excluding hydrogens is 364 g/mol. The Morgan fingerprint density at radius 2 is 1.96 bits per heavy atom. The number of hydrogen-bond acceptors (Lipinski definition) is 5. The lowest BCUT2D eigenvalue weighted by Gasteiger charge is -2.20. The fourth-order valence-electron chi connectivity index (χ4n) is 3.06. The van der Waals surface area contributed by atoms with Crippen LogP contribution in [-0.4, -0.2) is 48.6 Å². The molecule has 138 valence electrons. The molecule has 3 amide bonds. The average Bonchev–Trinajstić information content (AvgIpc) is 3.24. The summed E-state index contributed by atoms with van der Waals surface area (Å²) in [6, 6.07) is 14.8. The van der Waals surface area contributed by atoms with Crippen LogP contribution in [0.2, 0.25) is 0 Å². The predicted octanol–water partition coefficient (Wildman–Crippen LogP) is 3.19. The molecule has 1 saturated heterocycles. The first-order valence-electron chi connectivity index (χ1n) is 8.50. The van der Waals surface area contributed by atoms with E-state index in [0.717, 1.165) is 10.2 Å². The van der Waals surface area contributed by atoms with E-state index in [-0.39, 0.29) is 18.5 Å². The fraction of sp³-hybridized carbons (Fsp3) is 0.211. The smallest absolute Gasteiger partial charge is 0.325 e. The molecule has 0 radical (unpaired) electrons. The van der Waals surface area contributed by atoms with Crippen molar-refractivity contribution in [2.24, 2.45) is 0 Å². The molecule has 2 aromatic carbocycles. The maximum atomic E-state index is 12.7. The van der Waals surface area contributed by atoms with Crippen LogP contribution in [0.4, 0.5) is 15.6 Å². The van der Waals surface area contributed by atoms with Gasteiger partial charge in [-0.25, -0.2) is 9.78 Å². The van der Waals surface area contributed by atoms with Crippen LogP contribution in [-0.2, 0) is 4.79 Å². The van der Waals surface area contributed by atoms with Crippen LogP contribution < -0.4 is 15.0 Å². The van der Waals surface area contributed by atoms with Crippen molar-refractivity contribution in [2.45, 2.75) is 0 Å². The van der Waals surface area contributed by atoms with Crippen molar-refractivity contribution >= 4 is 44.3 Å². The number of aromatic nitrogens is 1. The summed E-state index contributed by atoms with van der Waals surface area (Å²) in [5.41, 5.74) is 1.55. The Bertz CT molecular complexity index is 970. The second-order valence-electron chi connectivity index (χ2n) is 6.06. The molecule has 0 saturated carbocycles. The number of nitrogens with zero attached hydrogens (tertiary/aromatic N) is 3. The number of para-hydroxylation sites is 3. The van der Waals surface area contributed by atoms with Gasteiger partial charge in [0, 0.05) is 13.1 Å². The Morgan fingerprint density at radius 3 is 2.78 bits per heavy atom. The standard InChI is InChI=1S/C19H18N4O3S/c1-26-15-8-4-3-7-14(15)23-11-10-22(19(23)25)12-17(24)21-18-20-13-6-2-5-9-16(13)27-18/h2-9H,10-12H2,1H3,(H,20,21,24). The monoisotopic (exact) mass is 382 g/mol. The highest BCUT2D eigenvalue weighted by Gasteiger charge is 2.32. The SMILES string of the molecule is COc1ccccc1N1CCN(CC(=O)Nc2nc3ccccc3s2)C1=O. The third kappa shape index (κ3) is 3.43. The fourth-order valence-corrected chi connectivity index (χ4v) is 3.95. The normalized spacial score (nSPS) is 14.0. The van der Waals surface area contributed by atoms with Crippen LogP contribution in [0.1, 0.15) is 0 Å². The predicted molar refractivity (Wildman–Crippen MR) is 106 cm³/mol. The molecule has 1 N–H and O–H groups in total. The zero-order valence-corrected chi connectivity index (χ0v) is 15.5. The number of urea groups is 1. The van der Waals surface area contributed by atoms with Crippen molar-refractivity contribution in [1.82, 2.24) is 9.88 Å². The van der Waals surface area contributed by atoms with Crippen molar-refractivity contribution in [1.29, 1.82) is 0 Å². The summed E-state index contributed by atoms with van der Waals surface area (Å²) >= 11 is 1.41. The molecule has 0 unspecified atom stereocenters. The number of fused-ring (bicyclic) bond motifs is 1. The van der Waals surface area contributed by atoms with Crippen LogP contribution in [0.3, 0.4) is 0 Å². The third-order valence-corrected chi connectivity index (χ3v) is 5.30. The summed E-state index contributed by atoms with van der Waals surface area (Å²) in [6.07, 6.45) is 0. The van der Waals surface area contributed by atoms with Crippen molar-refractivity contribution in [3.05, 3.63) is 48.5 Å². The van der Waals surface area contributed by atoms with Crippen molar-refractivity contribution in [3.8, 4) is 5.75 Å². The van der Waals surface area contributed by atoms with E-state index in [1.54, 1.807) is 12.0 Å². The zero-order valence-electron chi connectivity index (χ0n) is 14.7. The Kier molecular flexibility index (Phi) is 4.64. The van der Waals surface area contributed by atoms with Gasteiger partial charge in [-0.1, -0.05) is 35.6 Å². The first-order chi connectivity index (χ1) is 13.2. The molecule has 2 heterocycles. The molecular formula is C19H18N4O3S. The summed E-state index contributed by atoms with van der Waals surface area (Å²) < 4.78 is 6.34. The van der Waals surface area contributed by atoms with E-state index in [4.69, 9.17) is 4.74 Å². The molecule has 1 fully saturated rings. The lowest BCUT2D eigenvalue weighted by atomic mass is 10.2. The number of ether oxygens (including phenoxy) is 1. The molecule has 1 aromatic heterocycles. The molecule has 8 heteroatoms. The molecule has 4 rings (SSSR count). The van der Waals surface area contributed by atoms with Crippen LogP contribution in [0.5, 0.6) is 5.75 Å². The number of methoxy groups -OCH3 is 1. The number of anilines is 2. The molecule has 27 heavy (non-hydrogen) atoms. The maximum Gasteiger partial charge on any atom is 0.325 e. The van der Waals surface area contributed by atoms with Gasteiger partial charge in [0.2, 0.25) is 5.91 Å². The number of rotatable bonds is 5. The van der Waals surface area contributed by atoms with E-state index in [9.17, 15) is 9.59 Å². The Balaban J connectivity index is 1.42. The highest BCUT2D eigenvalue weighted by atomic mass is 32.1. The van der Waals surface area contributed by atoms with E-state index in [0.29, 0.717) is 29.7 Å². The van der Waals surface area contributed by atoms with Gasteiger partial charge in [0.25, 0.3) is 0 Å². The van der Waals surface area contributed by atoms with Crippen LogP contribution in [0, 0.1) is 0 Å². The number of carbonyl (C=O) groups is 2. The van der Waals surface area contributed by atoms with Gasteiger partial charge in [0.15, 0.2) is 5.13 Å². The van der Waals surface area contributed by atoms with Crippen LogP contribution in [0.25, 0.3) is 10.2 Å². The lowest BCUT2D eigenvalue weighted by molar-refractivity contribution is -0.116. The minimum Gasteiger partial charge on any atom is -0.495 e. The molecule has 1 aliphatic rings. The van der Waals surface area contributed by atoms with E-state index in [1.165, 1.54) is 16.2 Å². The molecule has 7 nitrogen and oxygen atoms in total. The van der Waals surface area contributed by atoms with Crippen LogP contribution in [0.15, 0.2) is 48.5 Å². The number of carbonyl (C=O) groups excluding carboxylic acids is 2. The Labute approximate surface area is 160 Å². The summed E-state index contributed by atoms with van der Waals surface area (Å²) in [6.45, 7) is 0.970. The van der Waals surface area contributed by atoms with E-state index in [2.05, 4.69) is 10.3 Å². The quantitative estimate of drug-likeness (QED) is 0.735. The van der Waals surface area contributed by atoms with Gasteiger partial charge < -0.3 is 15.0 Å². The molecule has 1 aliphatic heterocycles. The van der Waals surface area contributed by atoms with Gasteiger partial charge in [-0.2, -0.15) is 0 Å². The highest BCUT2D eigenvalue weighted by Crippen LogP contribution is 2.30. The topological polar surface area (TPSA) is 74.8 Å². The average molecular weight is 382 g/mol. The number of amides is 3. The van der Waals surface area contributed by atoms with Crippen LogP contribution >= 0.6 is 11.3 Å². The molecule has 0 aliphatic carbocycles. The molecule has 0 atom stereocenters. The van der Waals surface area contributed by atoms with Gasteiger partial charge in [0.1, 0.15) is 12.3 Å². The number of hydrogen-bond donors (Lipinski definition) is 1. The first kappa shape index (κ1) is 17.3. The summed E-state index contributed by atoms with van der Waals surface area (Å²) in [4.78, 5) is 32.6.